The Labute approximate surface area is 116 Å². The summed E-state index contributed by atoms with van der Waals surface area (Å²) in [7, 11) is 0. The van der Waals surface area contributed by atoms with Gasteiger partial charge in [-0.15, -0.1) is 0 Å². The lowest BCUT2D eigenvalue weighted by Gasteiger charge is -2.31. The number of hydrogen-bond donors (Lipinski definition) is 1. The van der Waals surface area contributed by atoms with E-state index in [1.54, 1.807) is 0 Å². The van der Waals surface area contributed by atoms with Gasteiger partial charge in [0.1, 0.15) is 0 Å². The molecule has 1 N–H and O–H groups in total. The second-order valence-electron chi connectivity index (χ2n) is 5.58. The van der Waals surface area contributed by atoms with Crippen molar-refractivity contribution in [2.75, 3.05) is 0 Å². The van der Waals surface area contributed by atoms with Crippen LogP contribution in [0.2, 0.25) is 5.02 Å². The van der Waals surface area contributed by atoms with Gasteiger partial charge in [-0.3, -0.25) is 0 Å². The van der Waals surface area contributed by atoms with Gasteiger partial charge < -0.3 is 5.32 Å². The molecule has 0 heterocycles. The zero-order valence-electron chi connectivity index (χ0n) is 11.5. The van der Waals surface area contributed by atoms with E-state index in [1.807, 2.05) is 12.1 Å². The molecule has 1 nitrogen and oxygen atoms in total. The minimum atomic E-state index is 0.393. The molecule has 1 aliphatic rings. The highest BCUT2D eigenvalue weighted by Crippen LogP contribution is 2.28. The molecule has 1 aromatic rings. The van der Waals surface area contributed by atoms with Gasteiger partial charge in [0.15, 0.2) is 0 Å². The Morgan fingerprint density at radius 1 is 1.39 bits per heavy atom. The predicted molar refractivity (Wildman–Crippen MR) is 79.0 cm³/mol. The van der Waals surface area contributed by atoms with Crippen LogP contribution in [-0.4, -0.2) is 6.04 Å². The Hall–Kier alpha value is -0.530. The van der Waals surface area contributed by atoms with Crippen molar-refractivity contribution in [3.8, 4) is 0 Å². The van der Waals surface area contributed by atoms with Crippen LogP contribution >= 0.6 is 11.6 Å². The van der Waals surface area contributed by atoms with Crippen molar-refractivity contribution in [3.05, 3.63) is 34.9 Å². The summed E-state index contributed by atoms with van der Waals surface area (Å²) in [5, 5.41) is 4.60. The van der Waals surface area contributed by atoms with Crippen LogP contribution in [0.3, 0.4) is 0 Å². The zero-order valence-corrected chi connectivity index (χ0v) is 12.2. The van der Waals surface area contributed by atoms with E-state index in [-0.39, 0.29) is 0 Å². The van der Waals surface area contributed by atoms with Crippen molar-refractivity contribution in [2.45, 2.75) is 58.0 Å². The normalized spacial score (nSPS) is 25.9. The van der Waals surface area contributed by atoms with E-state index in [2.05, 4.69) is 31.3 Å². The Kier molecular flexibility index (Phi) is 5.08. The summed E-state index contributed by atoms with van der Waals surface area (Å²) in [4.78, 5) is 0. The Balaban J connectivity index is 1.92. The van der Waals surface area contributed by atoms with Gasteiger partial charge in [0.2, 0.25) is 0 Å². The SMILES string of the molecule is CCC1CCCC(N[C@H](C)c2cccc(Cl)c2)C1. The third-order valence-electron chi connectivity index (χ3n) is 4.19. The molecule has 2 heteroatoms. The van der Waals surface area contributed by atoms with Crippen LogP contribution in [0.25, 0.3) is 0 Å². The molecule has 0 spiro atoms. The molecule has 2 unspecified atom stereocenters. The minimum Gasteiger partial charge on any atom is -0.307 e. The molecule has 2 rings (SSSR count). The van der Waals surface area contributed by atoms with E-state index in [4.69, 9.17) is 11.6 Å². The Bertz CT molecular complexity index is 377. The smallest absolute Gasteiger partial charge is 0.0409 e. The van der Waals surface area contributed by atoms with Gasteiger partial charge in [0.25, 0.3) is 0 Å². The van der Waals surface area contributed by atoms with Crippen molar-refractivity contribution in [1.29, 1.82) is 0 Å². The lowest BCUT2D eigenvalue weighted by atomic mass is 9.84. The number of hydrogen-bond acceptors (Lipinski definition) is 1. The third kappa shape index (κ3) is 3.73. The summed E-state index contributed by atoms with van der Waals surface area (Å²) >= 11 is 6.05. The van der Waals surface area contributed by atoms with Crippen LogP contribution in [0.15, 0.2) is 24.3 Å². The van der Waals surface area contributed by atoms with Crippen molar-refractivity contribution in [2.24, 2.45) is 5.92 Å². The molecule has 1 fully saturated rings. The first-order chi connectivity index (χ1) is 8.69. The van der Waals surface area contributed by atoms with Gasteiger partial charge in [0, 0.05) is 17.1 Å². The van der Waals surface area contributed by atoms with E-state index >= 15 is 0 Å². The highest BCUT2D eigenvalue weighted by atomic mass is 35.5. The molecular formula is C16H24ClN. The molecule has 0 saturated heterocycles. The van der Waals surface area contributed by atoms with Crippen LogP contribution in [0.1, 0.15) is 57.6 Å². The maximum absolute atomic E-state index is 6.05. The van der Waals surface area contributed by atoms with Crippen molar-refractivity contribution >= 4 is 11.6 Å². The topological polar surface area (TPSA) is 12.0 Å². The average molecular weight is 266 g/mol. The summed E-state index contributed by atoms with van der Waals surface area (Å²) < 4.78 is 0. The van der Waals surface area contributed by atoms with E-state index in [1.165, 1.54) is 37.7 Å². The van der Waals surface area contributed by atoms with Crippen molar-refractivity contribution < 1.29 is 0 Å². The van der Waals surface area contributed by atoms with Gasteiger partial charge in [-0.25, -0.2) is 0 Å². The quantitative estimate of drug-likeness (QED) is 0.811. The minimum absolute atomic E-state index is 0.393. The lowest BCUT2D eigenvalue weighted by molar-refractivity contribution is 0.266. The van der Waals surface area contributed by atoms with E-state index in [0.29, 0.717) is 12.1 Å². The van der Waals surface area contributed by atoms with Gasteiger partial charge >= 0.3 is 0 Å². The molecule has 1 aliphatic carbocycles. The molecule has 18 heavy (non-hydrogen) atoms. The van der Waals surface area contributed by atoms with E-state index < -0.39 is 0 Å². The summed E-state index contributed by atoms with van der Waals surface area (Å²) in [5.74, 6) is 0.919. The van der Waals surface area contributed by atoms with Gasteiger partial charge in [-0.05, 0) is 43.4 Å². The van der Waals surface area contributed by atoms with Crippen LogP contribution < -0.4 is 5.32 Å². The van der Waals surface area contributed by atoms with Crippen LogP contribution in [-0.2, 0) is 0 Å². The van der Waals surface area contributed by atoms with Crippen LogP contribution in [0.5, 0.6) is 0 Å². The first kappa shape index (κ1) is 13.9. The summed E-state index contributed by atoms with van der Waals surface area (Å²) in [5.41, 5.74) is 1.29. The number of nitrogens with one attached hydrogen (secondary N) is 1. The molecule has 1 saturated carbocycles. The van der Waals surface area contributed by atoms with E-state index in [0.717, 1.165) is 10.9 Å². The molecule has 1 aromatic carbocycles. The van der Waals surface area contributed by atoms with Crippen LogP contribution in [0.4, 0.5) is 0 Å². The second kappa shape index (κ2) is 6.58. The number of benzene rings is 1. The molecule has 3 atom stereocenters. The zero-order chi connectivity index (χ0) is 13.0. The first-order valence-corrected chi connectivity index (χ1v) is 7.58. The highest BCUT2D eigenvalue weighted by Gasteiger charge is 2.22. The largest absolute Gasteiger partial charge is 0.307 e. The number of halogens is 1. The van der Waals surface area contributed by atoms with Crippen molar-refractivity contribution in [1.82, 2.24) is 5.32 Å². The summed E-state index contributed by atoms with van der Waals surface area (Å²) in [6.07, 6.45) is 6.77. The molecule has 0 bridgehead atoms. The van der Waals surface area contributed by atoms with Crippen LogP contribution in [0, 0.1) is 5.92 Å². The van der Waals surface area contributed by atoms with Gasteiger partial charge in [-0.1, -0.05) is 49.9 Å². The fraction of sp³-hybridized carbons (Fsp3) is 0.625. The Morgan fingerprint density at radius 3 is 2.94 bits per heavy atom. The third-order valence-corrected chi connectivity index (χ3v) is 4.43. The monoisotopic (exact) mass is 265 g/mol. The molecular weight excluding hydrogens is 242 g/mol. The van der Waals surface area contributed by atoms with Gasteiger partial charge in [0.05, 0.1) is 0 Å². The standard InChI is InChI=1S/C16H24ClN/c1-3-13-6-4-9-16(10-13)18-12(2)14-7-5-8-15(17)11-14/h5,7-8,11-13,16,18H,3-4,6,9-10H2,1-2H3/t12-,13?,16?/m1/s1. The molecule has 100 valence electrons. The maximum atomic E-state index is 6.05. The van der Waals surface area contributed by atoms with Gasteiger partial charge in [-0.2, -0.15) is 0 Å². The second-order valence-corrected chi connectivity index (χ2v) is 6.02. The summed E-state index contributed by atoms with van der Waals surface area (Å²) in [6, 6.07) is 9.27. The predicted octanol–water partition coefficient (Wildman–Crippen LogP) is 4.96. The average Bonchev–Trinajstić information content (AvgIpc) is 2.39. The van der Waals surface area contributed by atoms with Crippen molar-refractivity contribution in [3.63, 3.8) is 0 Å². The summed E-state index contributed by atoms with van der Waals surface area (Å²) in [6.45, 7) is 4.55. The highest BCUT2D eigenvalue weighted by molar-refractivity contribution is 6.30. The molecule has 0 amide bonds. The molecule has 0 aliphatic heterocycles. The van der Waals surface area contributed by atoms with E-state index in [9.17, 15) is 0 Å². The first-order valence-electron chi connectivity index (χ1n) is 7.20. The maximum Gasteiger partial charge on any atom is 0.0409 e. The molecule has 0 radical (unpaired) electrons. The lowest BCUT2D eigenvalue weighted by Crippen LogP contribution is -2.35. The molecule has 0 aromatic heterocycles. The fourth-order valence-electron chi connectivity index (χ4n) is 3.04. The Morgan fingerprint density at radius 2 is 2.22 bits per heavy atom. The fourth-order valence-corrected chi connectivity index (χ4v) is 3.24. The number of rotatable bonds is 4.